The molecule has 186 valence electrons. The van der Waals surface area contributed by atoms with Gasteiger partial charge in [-0.05, 0) is 33.6 Å². The second-order valence-corrected chi connectivity index (χ2v) is 9.42. The van der Waals surface area contributed by atoms with Crippen molar-refractivity contribution in [3.05, 3.63) is 35.4 Å². The van der Waals surface area contributed by atoms with Crippen LogP contribution in [0, 0.1) is 16.7 Å². The van der Waals surface area contributed by atoms with Crippen LogP contribution in [0.25, 0.3) is 0 Å². The lowest BCUT2D eigenvalue weighted by molar-refractivity contribution is -0.146. The van der Waals surface area contributed by atoms with Crippen LogP contribution in [0.5, 0.6) is 0 Å². The molecule has 34 heavy (non-hydrogen) atoms. The van der Waals surface area contributed by atoms with Crippen LogP contribution in [0.3, 0.4) is 0 Å². The Balaban J connectivity index is 1.98. The molecule has 2 amide bonds. The quantitative estimate of drug-likeness (QED) is 0.130. The van der Waals surface area contributed by atoms with Gasteiger partial charge in [0, 0.05) is 36.6 Å². The van der Waals surface area contributed by atoms with Crippen LogP contribution in [-0.2, 0) is 23.9 Å². The fourth-order valence-corrected chi connectivity index (χ4v) is 3.35. The lowest BCUT2D eigenvalue weighted by Gasteiger charge is -2.31. The molecule has 3 N–H and O–H groups in total. The van der Waals surface area contributed by atoms with Gasteiger partial charge in [0.15, 0.2) is 5.78 Å². The van der Waals surface area contributed by atoms with Gasteiger partial charge in [-0.25, -0.2) is 5.41 Å². The number of esters is 1. The van der Waals surface area contributed by atoms with Crippen LogP contribution < -0.4 is 5.32 Å². The Kier molecular flexibility index (Phi) is 9.31. The number of carbonyl (C=O) groups is 4. The number of aliphatic hydroxyl groups is 1. The maximum atomic E-state index is 12.7. The van der Waals surface area contributed by atoms with Gasteiger partial charge in [-0.15, -0.1) is 0 Å². The number of hydrogen-bond donors (Lipinski definition) is 3. The van der Waals surface area contributed by atoms with E-state index in [-0.39, 0.29) is 24.2 Å². The Bertz CT molecular complexity index is 900. The summed E-state index contributed by atoms with van der Waals surface area (Å²) in [5.41, 5.74) is -0.0216. The molecule has 0 radical (unpaired) electrons. The van der Waals surface area contributed by atoms with E-state index >= 15 is 0 Å². The van der Waals surface area contributed by atoms with Crippen molar-refractivity contribution in [2.45, 2.75) is 59.3 Å². The highest BCUT2D eigenvalue weighted by molar-refractivity contribution is 5.98. The third-order valence-corrected chi connectivity index (χ3v) is 5.47. The minimum atomic E-state index is -1.10. The van der Waals surface area contributed by atoms with Gasteiger partial charge in [-0.2, -0.15) is 0 Å². The predicted molar refractivity (Wildman–Crippen MR) is 123 cm³/mol. The number of ether oxygens (including phenoxy) is 2. The Morgan fingerprint density at radius 3 is 2.32 bits per heavy atom. The minimum absolute atomic E-state index is 0.0388. The molecule has 10 nitrogen and oxygen atoms in total. The van der Waals surface area contributed by atoms with Gasteiger partial charge in [-0.3, -0.25) is 19.2 Å². The molecule has 0 spiro atoms. The van der Waals surface area contributed by atoms with Gasteiger partial charge in [0.2, 0.25) is 18.5 Å². The van der Waals surface area contributed by atoms with Crippen LogP contribution in [0.4, 0.5) is 0 Å². The van der Waals surface area contributed by atoms with Gasteiger partial charge < -0.3 is 24.8 Å². The average Bonchev–Trinajstić information content (AvgIpc) is 2.78. The van der Waals surface area contributed by atoms with E-state index in [0.717, 1.165) is 0 Å². The first-order chi connectivity index (χ1) is 15.9. The van der Waals surface area contributed by atoms with Crippen molar-refractivity contribution < 1.29 is 33.8 Å². The van der Waals surface area contributed by atoms with Gasteiger partial charge in [0.05, 0.1) is 11.5 Å². The molecule has 2 unspecified atom stereocenters. The van der Waals surface area contributed by atoms with Crippen LogP contribution in [0.1, 0.15) is 69.1 Å². The van der Waals surface area contributed by atoms with E-state index in [1.165, 1.54) is 0 Å². The van der Waals surface area contributed by atoms with E-state index in [0.29, 0.717) is 43.5 Å². The number of likely N-dealkylation sites (tertiary alicyclic amines) is 1. The van der Waals surface area contributed by atoms with Crippen molar-refractivity contribution in [3.8, 4) is 0 Å². The molecule has 1 aromatic carbocycles. The molecule has 1 aliphatic rings. The van der Waals surface area contributed by atoms with Gasteiger partial charge in [0.25, 0.3) is 0 Å². The number of hydrogen-bond acceptors (Lipinski definition) is 8. The highest BCUT2D eigenvalue weighted by atomic mass is 16.7. The van der Waals surface area contributed by atoms with Crippen LogP contribution >= 0.6 is 0 Å². The van der Waals surface area contributed by atoms with E-state index in [4.69, 9.17) is 14.9 Å². The normalized spacial score (nSPS) is 16.2. The lowest BCUT2D eigenvalue weighted by atomic mass is 9.96. The Hall–Kier alpha value is -3.27. The Morgan fingerprint density at radius 1 is 1.21 bits per heavy atom. The number of amides is 2. The molecule has 1 saturated heterocycles. The van der Waals surface area contributed by atoms with Gasteiger partial charge in [0.1, 0.15) is 0 Å². The first-order valence-corrected chi connectivity index (χ1v) is 11.2. The second kappa shape index (κ2) is 11.7. The molecule has 2 atom stereocenters. The first-order valence-electron chi connectivity index (χ1n) is 11.2. The monoisotopic (exact) mass is 475 g/mol. The van der Waals surface area contributed by atoms with Crippen LogP contribution in [0.15, 0.2) is 24.3 Å². The molecule has 0 saturated carbocycles. The Morgan fingerprint density at radius 2 is 1.79 bits per heavy atom. The highest BCUT2D eigenvalue weighted by Gasteiger charge is 2.28. The largest absolute Gasteiger partial charge is 0.422 e. The zero-order valence-electron chi connectivity index (χ0n) is 20.0. The lowest BCUT2D eigenvalue weighted by Crippen LogP contribution is -2.42. The predicted octanol–water partition coefficient (Wildman–Crippen LogP) is 2.16. The summed E-state index contributed by atoms with van der Waals surface area (Å²) < 4.78 is 10.1. The number of carbonyl (C=O) groups excluding carboxylic acids is 4. The topological polar surface area (TPSA) is 146 Å². The molecule has 2 rings (SSSR count). The van der Waals surface area contributed by atoms with Gasteiger partial charge >= 0.3 is 12.1 Å². The van der Waals surface area contributed by atoms with E-state index in [1.807, 2.05) is 0 Å². The minimum Gasteiger partial charge on any atom is -0.422 e. The molecule has 1 fully saturated rings. The average molecular weight is 476 g/mol. The van der Waals surface area contributed by atoms with E-state index in [1.54, 1.807) is 56.9 Å². The summed E-state index contributed by atoms with van der Waals surface area (Å²) in [6.45, 7) is 7.57. The summed E-state index contributed by atoms with van der Waals surface area (Å²) in [5, 5.41) is 19.7. The summed E-state index contributed by atoms with van der Waals surface area (Å²) in [7, 11) is 0. The zero-order chi connectivity index (χ0) is 25.5. The Labute approximate surface area is 199 Å². The van der Waals surface area contributed by atoms with Crippen molar-refractivity contribution in [3.63, 3.8) is 0 Å². The van der Waals surface area contributed by atoms with Crippen molar-refractivity contribution >= 4 is 30.2 Å². The SMILES string of the molecule is CC(CC(=O)c1ccc(C(NC=O)OC(=N)OC(=O)C(C)(C)C)cc1)C(=O)N1CCC(O)CC1. The smallest absolute Gasteiger partial charge is 0.390 e. The van der Waals surface area contributed by atoms with Crippen LogP contribution in [-0.4, -0.2) is 59.4 Å². The second-order valence-electron chi connectivity index (χ2n) is 9.42. The molecular weight excluding hydrogens is 442 g/mol. The zero-order valence-corrected chi connectivity index (χ0v) is 20.0. The number of aliphatic hydroxyl groups excluding tert-OH is 1. The first kappa shape index (κ1) is 27.0. The number of piperidine rings is 1. The molecule has 1 heterocycles. The molecule has 0 aliphatic carbocycles. The number of rotatable bonds is 8. The summed E-state index contributed by atoms with van der Waals surface area (Å²) in [6, 6.07) is 6.18. The third-order valence-electron chi connectivity index (χ3n) is 5.47. The van der Waals surface area contributed by atoms with Crippen molar-refractivity contribution in [1.82, 2.24) is 10.2 Å². The number of nitrogens with one attached hydrogen (secondary N) is 2. The van der Waals surface area contributed by atoms with E-state index in [2.05, 4.69) is 5.32 Å². The van der Waals surface area contributed by atoms with Crippen LogP contribution in [0.2, 0.25) is 0 Å². The number of nitrogens with zero attached hydrogens (tertiary/aromatic N) is 1. The maximum Gasteiger partial charge on any atom is 0.390 e. The highest BCUT2D eigenvalue weighted by Crippen LogP contribution is 2.21. The number of ketones is 1. The van der Waals surface area contributed by atoms with E-state index < -0.39 is 29.6 Å². The summed E-state index contributed by atoms with van der Waals surface area (Å²) in [4.78, 5) is 49.9. The fraction of sp³-hybridized carbons (Fsp3) is 0.542. The molecule has 0 aromatic heterocycles. The summed E-state index contributed by atoms with van der Waals surface area (Å²) in [6.07, 6.45) is -0.742. The standard InChI is InChI=1S/C24H33N3O7/c1-15(21(31)27-11-9-18(29)10-12-27)13-19(30)16-5-7-17(8-6-16)20(26-14-28)33-23(25)34-22(32)24(2,3)4/h5-8,14-15,18,20,25,29H,9-13H2,1-4H3,(H,26,28). The third kappa shape index (κ3) is 7.65. The number of benzene rings is 1. The molecule has 10 heteroatoms. The van der Waals surface area contributed by atoms with Gasteiger partial charge in [-0.1, -0.05) is 31.2 Å². The molecule has 1 aliphatic heterocycles. The van der Waals surface area contributed by atoms with E-state index in [9.17, 15) is 24.3 Å². The molecule has 1 aromatic rings. The fourth-order valence-electron chi connectivity index (χ4n) is 3.35. The van der Waals surface area contributed by atoms with Crippen molar-refractivity contribution in [2.24, 2.45) is 11.3 Å². The summed E-state index contributed by atoms with van der Waals surface area (Å²) in [5.74, 6) is -1.47. The molecule has 0 bridgehead atoms. The maximum absolute atomic E-state index is 12.7. The number of Topliss-reactive ketones (excluding diaryl/α,β-unsaturated/α-hetero) is 1. The summed E-state index contributed by atoms with van der Waals surface area (Å²) >= 11 is 0. The van der Waals surface area contributed by atoms with Crippen molar-refractivity contribution in [2.75, 3.05) is 13.1 Å². The molecular formula is C24H33N3O7. The van der Waals surface area contributed by atoms with Crippen molar-refractivity contribution in [1.29, 1.82) is 5.41 Å².